The van der Waals surface area contributed by atoms with Gasteiger partial charge >= 0.3 is 0 Å². The molecule has 0 radical (unpaired) electrons. The van der Waals surface area contributed by atoms with E-state index in [4.69, 9.17) is 9.47 Å². The minimum atomic E-state index is 0.316. The predicted molar refractivity (Wildman–Crippen MR) is 86.5 cm³/mol. The molecule has 1 N–H and O–H groups in total. The molecular formula is C18H29NO2. The van der Waals surface area contributed by atoms with Crippen molar-refractivity contribution in [3.63, 3.8) is 0 Å². The molecule has 1 saturated heterocycles. The van der Waals surface area contributed by atoms with Crippen LogP contribution in [0.4, 0.5) is 0 Å². The Morgan fingerprint density at radius 2 is 2.00 bits per heavy atom. The standard InChI is InChI=1S/C18H29NO2/c1-15(2)12-19-10-9-16-5-7-17(8-6-16)13-20-14-18-4-3-11-21-18/h5-8,15,18-19H,3-4,9-14H2,1-2H3. The molecule has 0 bridgehead atoms. The third-order valence-electron chi connectivity index (χ3n) is 3.76. The SMILES string of the molecule is CC(C)CNCCc1ccc(COCC2CCCO2)cc1. The Balaban J connectivity index is 1.61. The monoisotopic (exact) mass is 291 g/mol. The minimum Gasteiger partial charge on any atom is -0.376 e. The molecule has 1 atom stereocenters. The fraction of sp³-hybridized carbons (Fsp3) is 0.667. The van der Waals surface area contributed by atoms with Gasteiger partial charge in [0.1, 0.15) is 0 Å². The first-order chi connectivity index (χ1) is 10.2. The van der Waals surface area contributed by atoms with Crippen molar-refractivity contribution in [2.45, 2.75) is 45.8 Å². The van der Waals surface area contributed by atoms with Crippen LogP contribution in [0.15, 0.2) is 24.3 Å². The fourth-order valence-electron chi connectivity index (χ4n) is 2.51. The van der Waals surface area contributed by atoms with Crippen LogP contribution in [-0.4, -0.2) is 32.4 Å². The molecule has 3 nitrogen and oxygen atoms in total. The predicted octanol–water partition coefficient (Wildman–Crippen LogP) is 3.17. The Morgan fingerprint density at radius 1 is 1.24 bits per heavy atom. The lowest BCUT2D eigenvalue weighted by atomic mass is 10.1. The van der Waals surface area contributed by atoms with Crippen LogP contribution < -0.4 is 5.32 Å². The largest absolute Gasteiger partial charge is 0.376 e. The summed E-state index contributed by atoms with van der Waals surface area (Å²) in [6.45, 7) is 8.92. The molecule has 0 spiro atoms. The second-order valence-corrected chi connectivity index (χ2v) is 6.31. The number of ether oxygens (including phenoxy) is 2. The number of nitrogens with one attached hydrogen (secondary N) is 1. The van der Waals surface area contributed by atoms with Gasteiger partial charge < -0.3 is 14.8 Å². The third kappa shape index (κ3) is 6.60. The average Bonchev–Trinajstić information content (AvgIpc) is 2.98. The number of hydrogen-bond donors (Lipinski definition) is 1. The Labute approximate surface area is 129 Å². The summed E-state index contributed by atoms with van der Waals surface area (Å²) >= 11 is 0. The molecular weight excluding hydrogens is 262 g/mol. The number of benzene rings is 1. The summed E-state index contributed by atoms with van der Waals surface area (Å²) in [5.41, 5.74) is 2.63. The van der Waals surface area contributed by atoms with E-state index in [-0.39, 0.29) is 0 Å². The summed E-state index contributed by atoms with van der Waals surface area (Å²) in [6.07, 6.45) is 3.72. The van der Waals surface area contributed by atoms with Crippen LogP contribution in [0.3, 0.4) is 0 Å². The second-order valence-electron chi connectivity index (χ2n) is 6.31. The van der Waals surface area contributed by atoms with Crippen molar-refractivity contribution in [1.29, 1.82) is 0 Å². The van der Waals surface area contributed by atoms with Crippen LogP contribution in [0.1, 0.15) is 37.8 Å². The van der Waals surface area contributed by atoms with Crippen molar-refractivity contribution in [3.05, 3.63) is 35.4 Å². The first-order valence-electron chi connectivity index (χ1n) is 8.22. The van der Waals surface area contributed by atoms with Crippen LogP contribution in [0.25, 0.3) is 0 Å². The van der Waals surface area contributed by atoms with Gasteiger partial charge in [0.25, 0.3) is 0 Å². The van der Waals surface area contributed by atoms with Gasteiger partial charge in [-0.3, -0.25) is 0 Å². The summed E-state index contributed by atoms with van der Waals surface area (Å²) in [5, 5.41) is 3.47. The van der Waals surface area contributed by atoms with Crippen LogP contribution in [0.2, 0.25) is 0 Å². The zero-order valence-electron chi connectivity index (χ0n) is 13.4. The maximum absolute atomic E-state index is 5.73. The van der Waals surface area contributed by atoms with Gasteiger partial charge in [-0.05, 0) is 49.4 Å². The van der Waals surface area contributed by atoms with Crippen molar-refractivity contribution in [2.75, 3.05) is 26.3 Å². The first-order valence-corrected chi connectivity index (χ1v) is 8.22. The summed E-state index contributed by atoms with van der Waals surface area (Å²) in [6, 6.07) is 8.77. The highest BCUT2D eigenvalue weighted by Gasteiger charge is 2.15. The second kappa shape index (κ2) is 9.19. The molecule has 1 unspecified atom stereocenters. The van der Waals surface area contributed by atoms with Crippen LogP contribution >= 0.6 is 0 Å². The van der Waals surface area contributed by atoms with E-state index in [9.17, 15) is 0 Å². The lowest BCUT2D eigenvalue weighted by Crippen LogP contribution is -2.22. The summed E-state index contributed by atoms with van der Waals surface area (Å²) in [5.74, 6) is 0.716. The molecule has 0 aliphatic carbocycles. The summed E-state index contributed by atoms with van der Waals surface area (Å²) < 4.78 is 11.3. The Hall–Kier alpha value is -0.900. The van der Waals surface area contributed by atoms with E-state index in [2.05, 4.69) is 43.4 Å². The smallest absolute Gasteiger partial charge is 0.0809 e. The topological polar surface area (TPSA) is 30.5 Å². The molecule has 0 amide bonds. The molecule has 1 heterocycles. The van der Waals surface area contributed by atoms with Gasteiger partial charge in [0.05, 0.1) is 19.3 Å². The highest BCUT2D eigenvalue weighted by atomic mass is 16.5. The molecule has 1 aromatic carbocycles. The molecule has 1 aliphatic rings. The van der Waals surface area contributed by atoms with Gasteiger partial charge in [-0.25, -0.2) is 0 Å². The molecule has 3 heteroatoms. The van der Waals surface area contributed by atoms with Gasteiger partial charge in [0.2, 0.25) is 0 Å². The molecule has 21 heavy (non-hydrogen) atoms. The fourth-order valence-corrected chi connectivity index (χ4v) is 2.51. The lowest BCUT2D eigenvalue weighted by molar-refractivity contribution is 0.0106. The van der Waals surface area contributed by atoms with Gasteiger partial charge in [0, 0.05) is 6.61 Å². The zero-order valence-corrected chi connectivity index (χ0v) is 13.4. The van der Waals surface area contributed by atoms with E-state index < -0.39 is 0 Å². The van der Waals surface area contributed by atoms with Crippen molar-refractivity contribution in [2.24, 2.45) is 5.92 Å². The van der Waals surface area contributed by atoms with E-state index in [1.165, 1.54) is 17.5 Å². The highest BCUT2D eigenvalue weighted by molar-refractivity contribution is 5.22. The first kappa shape index (κ1) is 16.5. The molecule has 0 saturated carbocycles. The van der Waals surface area contributed by atoms with Gasteiger partial charge in [-0.1, -0.05) is 38.1 Å². The average molecular weight is 291 g/mol. The van der Waals surface area contributed by atoms with E-state index in [1.54, 1.807) is 0 Å². The Morgan fingerprint density at radius 3 is 2.67 bits per heavy atom. The van der Waals surface area contributed by atoms with Crippen LogP contribution in [-0.2, 0) is 22.5 Å². The minimum absolute atomic E-state index is 0.316. The van der Waals surface area contributed by atoms with Crippen LogP contribution in [0.5, 0.6) is 0 Å². The van der Waals surface area contributed by atoms with E-state index in [1.807, 2.05) is 0 Å². The molecule has 1 aromatic rings. The normalized spacial score (nSPS) is 18.5. The summed E-state index contributed by atoms with van der Waals surface area (Å²) in [7, 11) is 0. The molecule has 1 aliphatic heterocycles. The number of rotatable bonds is 9. The quantitative estimate of drug-likeness (QED) is 0.709. The van der Waals surface area contributed by atoms with E-state index in [0.717, 1.165) is 39.1 Å². The van der Waals surface area contributed by atoms with E-state index >= 15 is 0 Å². The van der Waals surface area contributed by atoms with Gasteiger partial charge in [-0.15, -0.1) is 0 Å². The lowest BCUT2D eigenvalue weighted by Gasteiger charge is -2.11. The summed E-state index contributed by atoms with van der Waals surface area (Å²) in [4.78, 5) is 0. The van der Waals surface area contributed by atoms with Crippen molar-refractivity contribution >= 4 is 0 Å². The van der Waals surface area contributed by atoms with Crippen molar-refractivity contribution in [1.82, 2.24) is 5.32 Å². The van der Waals surface area contributed by atoms with Crippen LogP contribution in [0, 0.1) is 5.92 Å². The maximum Gasteiger partial charge on any atom is 0.0809 e. The van der Waals surface area contributed by atoms with Gasteiger partial charge in [0.15, 0.2) is 0 Å². The van der Waals surface area contributed by atoms with Crippen molar-refractivity contribution < 1.29 is 9.47 Å². The zero-order chi connectivity index (χ0) is 14.9. The van der Waals surface area contributed by atoms with E-state index in [0.29, 0.717) is 18.6 Å². The molecule has 0 aromatic heterocycles. The van der Waals surface area contributed by atoms with Crippen molar-refractivity contribution in [3.8, 4) is 0 Å². The van der Waals surface area contributed by atoms with Gasteiger partial charge in [-0.2, -0.15) is 0 Å². The molecule has 2 rings (SSSR count). The molecule has 1 fully saturated rings. The Bertz CT molecular complexity index is 383. The molecule has 118 valence electrons. The Kier molecular flexibility index (Phi) is 7.20. The highest BCUT2D eigenvalue weighted by Crippen LogP contribution is 2.13. The maximum atomic E-state index is 5.73. The third-order valence-corrected chi connectivity index (χ3v) is 3.76. The number of hydrogen-bond acceptors (Lipinski definition) is 3.